The van der Waals surface area contributed by atoms with Gasteiger partial charge < -0.3 is 15.0 Å². The summed E-state index contributed by atoms with van der Waals surface area (Å²) >= 11 is 0. The molecule has 1 aliphatic heterocycles. The molecule has 0 atom stereocenters. The zero-order valence-corrected chi connectivity index (χ0v) is 11.9. The first-order valence-corrected chi connectivity index (χ1v) is 7.24. The summed E-state index contributed by atoms with van der Waals surface area (Å²) in [5.74, 6) is 0.216. The quantitative estimate of drug-likeness (QED) is 0.724. The Morgan fingerprint density at radius 1 is 1.27 bits per heavy atom. The molecule has 0 saturated heterocycles. The number of phenols is 1. The Labute approximate surface area is 127 Å². The van der Waals surface area contributed by atoms with Crippen molar-refractivity contribution < 1.29 is 9.90 Å². The lowest BCUT2D eigenvalue weighted by atomic mass is 10.0. The first-order valence-electron chi connectivity index (χ1n) is 7.24. The first kappa shape index (κ1) is 12.9. The number of hydrogen-bond donors (Lipinski definition) is 2. The molecule has 5 nitrogen and oxygen atoms in total. The molecule has 0 spiro atoms. The summed E-state index contributed by atoms with van der Waals surface area (Å²) < 4.78 is 0. The highest BCUT2D eigenvalue weighted by molar-refractivity contribution is 6.07. The average Bonchev–Trinajstić information content (AvgIpc) is 3.00. The number of amides is 1. The van der Waals surface area contributed by atoms with Gasteiger partial charge in [-0.25, -0.2) is 4.98 Å². The van der Waals surface area contributed by atoms with E-state index in [9.17, 15) is 9.90 Å². The number of nitrogens with one attached hydrogen (secondary N) is 1. The highest BCUT2D eigenvalue weighted by Gasteiger charge is 2.24. The number of benzene rings is 2. The number of imidazole rings is 1. The first-order chi connectivity index (χ1) is 10.7. The monoisotopic (exact) mass is 293 g/mol. The van der Waals surface area contributed by atoms with E-state index in [4.69, 9.17) is 0 Å². The fourth-order valence-electron chi connectivity index (χ4n) is 3.01. The lowest BCUT2D eigenvalue weighted by molar-refractivity contribution is 0.0734. The summed E-state index contributed by atoms with van der Waals surface area (Å²) in [6.45, 7) is 1.23. The van der Waals surface area contributed by atoms with Crippen LogP contribution in [0, 0.1) is 0 Å². The highest BCUT2D eigenvalue weighted by Crippen LogP contribution is 2.25. The van der Waals surface area contributed by atoms with E-state index in [2.05, 4.69) is 9.97 Å². The molecule has 0 unspecified atom stereocenters. The molecule has 4 rings (SSSR count). The van der Waals surface area contributed by atoms with E-state index in [1.165, 1.54) is 0 Å². The molecule has 0 fully saturated rings. The summed E-state index contributed by atoms with van der Waals surface area (Å²) in [5, 5.41) is 11.3. The number of rotatable bonds is 1. The third-order valence-corrected chi connectivity index (χ3v) is 4.16. The maximum atomic E-state index is 12.9. The van der Waals surface area contributed by atoms with Crippen molar-refractivity contribution in [2.45, 2.75) is 13.0 Å². The summed E-state index contributed by atoms with van der Waals surface area (Å²) in [4.78, 5) is 22.1. The molecule has 2 N–H and O–H groups in total. The lowest BCUT2D eigenvalue weighted by Crippen LogP contribution is -2.36. The lowest BCUT2D eigenvalue weighted by Gasteiger charge is -2.26. The van der Waals surface area contributed by atoms with Crippen molar-refractivity contribution in [3.8, 4) is 5.75 Å². The Balaban J connectivity index is 1.72. The molecular formula is C17H15N3O2. The number of hydrogen-bond acceptors (Lipinski definition) is 3. The molecule has 1 amide bonds. The standard InChI is InChI=1S/C17H15N3O2/c21-12-4-5-13-11(8-12)2-1-3-14(13)17(22)20-7-6-15-16(9-20)19-10-18-15/h1-5,8,10,21H,6-7,9H2,(H,18,19). The maximum absolute atomic E-state index is 12.9. The van der Waals surface area contributed by atoms with Crippen LogP contribution in [-0.4, -0.2) is 32.4 Å². The zero-order chi connectivity index (χ0) is 15.1. The van der Waals surface area contributed by atoms with Gasteiger partial charge in [-0.3, -0.25) is 4.79 Å². The van der Waals surface area contributed by atoms with Gasteiger partial charge in [0, 0.05) is 18.5 Å². The summed E-state index contributed by atoms with van der Waals surface area (Å²) in [7, 11) is 0. The normalized spacial score (nSPS) is 14.1. The minimum absolute atomic E-state index is 0.0107. The predicted octanol–water partition coefficient (Wildman–Crippen LogP) is 2.47. The van der Waals surface area contributed by atoms with Gasteiger partial charge in [0.1, 0.15) is 5.75 Å². The van der Waals surface area contributed by atoms with Crippen molar-refractivity contribution in [2.24, 2.45) is 0 Å². The Kier molecular flexibility index (Phi) is 2.85. The molecule has 2 heterocycles. The number of carbonyl (C=O) groups is 1. The van der Waals surface area contributed by atoms with Crippen LogP contribution in [0.5, 0.6) is 5.75 Å². The molecule has 0 bridgehead atoms. The number of fused-ring (bicyclic) bond motifs is 2. The molecule has 1 aromatic heterocycles. The van der Waals surface area contributed by atoms with Crippen LogP contribution in [0.25, 0.3) is 10.8 Å². The molecule has 2 aromatic carbocycles. The number of H-pyrrole nitrogens is 1. The van der Waals surface area contributed by atoms with Gasteiger partial charge in [-0.05, 0) is 35.0 Å². The predicted molar refractivity (Wildman–Crippen MR) is 82.6 cm³/mol. The second-order valence-electron chi connectivity index (χ2n) is 5.52. The van der Waals surface area contributed by atoms with Gasteiger partial charge in [-0.15, -0.1) is 0 Å². The SMILES string of the molecule is O=C(c1cccc2cc(O)ccc12)N1CCc2nc[nH]c2C1. The van der Waals surface area contributed by atoms with Crippen LogP contribution >= 0.6 is 0 Å². The summed E-state index contributed by atoms with van der Waals surface area (Å²) in [6, 6.07) is 10.7. The van der Waals surface area contributed by atoms with Gasteiger partial charge in [0.2, 0.25) is 0 Å². The van der Waals surface area contributed by atoms with Crippen LogP contribution in [0.1, 0.15) is 21.7 Å². The molecule has 0 aliphatic carbocycles. The number of carbonyl (C=O) groups excluding carboxylic acids is 1. The van der Waals surface area contributed by atoms with E-state index in [0.29, 0.717) is 18.7 Å². The van der Waals surface area contributed by atoms with E-state index >= 15 is 0 Å². The van der Waals surface area contributed by atoms with Crippen LogP contribution in [0.3, 0.4) is 0 Å². The average molecular weight is 293 g/mol. The summed E-state index contributed by atoms with van der Waals surface area (Å²) in [5.41, 5.74) is 2.73. The zero-order valence-electron chi connectivity index (χ0n) is 11.9. The van der Waals surface area contributed by atoms with Crippen molar-refractivity contribution in [1.82, 2.24) is 14.9 Å². The third kappa shape index (κ3) is 2.02. The van der Waals surface area contributed by atoms with Crippen molar-refractivity contribution >= 4 is 16.7 Å². The van der Waals surface area contributed by atoms with Gasteiger partial charge in [0.05, 0.1) is 24.3 Å². The van der Waals surface area contributed by atoms with Crippen molar-refractivity contribution in [3.05, 3.63) is 59.7 Å². The van der Waals surface area contributed by atoms with Crippen LogP contribution in [0.2, 0.25) is 0 Å². The van der Waals surface area contributed by atoms with E-state index in [0.717, 1.165) is 28.6 Å². The Morgan fingerprint density at radius 3 is 3.09 bits per heavy atom. The van der Waals surface area contributed by atoms with E-state index < -0.39 is 0 Å². The number of phenolic OH excluding ortho intramolecular Hbond substituents is 1. The highest BCUT2D eigenvalue weighted by atomic mass is 16.3. The molecule has 5 heteroatoms. The van der Waals surface area contributed by atoms with Gasteiger partial charge in [-0.2, -0.15) is 0 Å². The Morgan fingerprint density at radius 2 is 2.18 bits per heavy atom. The number of aromatic nitrogens is 2. The fraction of sp³-hybridized carbons (Fsp3) is 0.176. The smallest absolute Gasteiger partial charge is 0.254 e. The third-order valence-electron chi connectivity index (χ3n) is 4.16. The molecule has 22 heavy (non-hydrogen) atoms. The van der Waals surface area contributed by atoms with Crippen LogP contribution in [-0.2, 0) is 13.0 Å². The van der Waals surface area contributed by atoms with Gasteiger partial charge in [0.15, 0.2) is 0 Å². The Hall–Kier alpha value is -2.82. The molecule has 3 aromatic rings. The topological polar surface area (TPSA) is 69.2 Å². The van der Waals surface area contributed by atoms with Crippen molar-refractivity contribution in [3.63, 3.8) is 0 Å². The molecule has 0 radical (unpaired) electrons. The molecular weight excluding hydrogens is 278 g/mol. The molecule has 110 valence electrons. The minimum Gasteiger partial charge on any atom is -0.508 e. The minimum atomic E-state index is 0.0107. The number of aromatic hydroxyl groups is 1. The fourth-order valence-corrected chi connectivity index (χ4v) is 3.01. The van der Waals surface area contributed by atoms with E-state index in [-0.39, 0.29) is 11.7 Å². The van der Waals surface area contributed by atoms with Gasteiger partial charge in [0.25, 0.3) is 5.91 Å². The second kappa shape index (κ2) is 4.87. The van der Waals surface area contributed by atoms with E-state index in [1.54, 1.807) is 24.5 Å². The molecule has 0 saturated carbocycles. The van der Waals surface area contributed by atoms with E-state index in [1.807, 2.05) is 23.1 Å². The Bertz CT molecular complexity index is 869. The summed E-state index contributed by atoms with van der Waals surface area (Å²) in [6.07, 6.45) is 2.45. The van der Waals surface area contributed by atoms with Crippen LogP contribution in [0.4, 0.5) is 0 Å². The molecule has 1 aliphatic rings. The largest absolute Gasteiger partial charge is 0.508 e. The maximum Gasteiger partial charge on any atom is 0.254 e. The number of nitrogens with zero attached hydrogens (tertiary/aromatic N) is 2. The van der Waals surface area contributed by atoms with Crippen LogP contribution < -0.4 is 0 Å². The second-order valence-corrected chi connectivity index (χ2v) is 5.52. The van der Waals surface area contributed by atoms with Gasteiger partial charge >= 0.3 is 0 Å². The van der Waals surface area contributed by atoms with Crippen molar-refractivity contribution in [2.75, 3.05) is 6.54 Å². The number of aromatic amines is 1. The van der Waals surface area contributed by atoms with Crippen molar-refractivity contribution in [1.29, 1.82) is 0 Å². The van der Waals surface area contributed by atoms with Crippen LogP contribution in [0.15, 0.2) is 42.7 Å². The van der Waals surface area contributed by atoms with Gasteiger partial charge in [-0.1, -0.05) is 12.1 Å².